The van der Waals surface area contributed by atoms with Gasteiger partial charge in [-0.3, -0.25) is 4.79 Å². The average Bonchev–Trinajstić information content (AvgIpc) is 2.72. The molecule has 3 aromatic carbocycles. The lowest BCUT2D eigenvalue weighted by molar-refractivity contribution is -0.112. The van der Waals surface area contributed by atoms with Crippen LogP contribution in [0.3, 0.4) is 0 Å². The molecule has 0 aliphatic rings. The molecule has 7 heteroatoms. The molecule has 0 aromatic heterocycles. The van der Waals surface area contributed by atoms with Gasteiger partial charge < -0.3 is 10.1 Å². The maximum Gasteiger partial charge on any atom is 0.266 e. The van der Waals surface area contributed by atoms with E-state index in [1.807, 2.05) is 37.3 Å². The van der Waals surface area contributed by atoms with Gasteiger partial charge in [-0.25, -0.2) is 0 Å². The Morgan fingerprint density at radius 3 is 2.35 bits per heavy atom. The van der Waals surface area contributed by atoms with Gasteiger partial charge in [0.25, 0.3) is 5.91 Å². The Labute approximate surface area is 195 Å². The number of carbonyl (C=O) groups excluding carboxylic acids is 1. The van der Waals surface area contributed by atoms with E-state index in [0.29, 0.717) is 28.6 Å². The smallest absolute Gasteiger partial charge is 0.266 e. The van der Waals surface area contributed by atoms with Crippen LogP contribution in [0.5, 0.6) is 5.75 Å². The van der Waals surface area contributed by atoms with E-state index >= 15 is 0 Å². The van der Waals surface area contributed by atoms with Crippen LogP contribution in [0.4, 0.5) is 5.69 Å². The summed E-state index contributed by atoms with van der Waals surface area (Å²) in [6.07, 6.45) is 1.40. The van der Waals surface area contributed by atoms with Crippen LogP contribution in [0.15, 0.2) is 66.2 Å². The SMILES string of the molecule is Cc1ccc(COc2c(Cl)cc(/C=C(\C#N)C(=O)Nc3cccc(Cl)c3)cc2Cl)cc1. The summed E-state index contributed by atoms with van der Waals surface area (Å²) in [4.78, 5) is 12.4. The van der Waals surface area contributed by atoms with Crippen LogP contribution in [0.2, 0.25) is 15.1 Å². The molecule has 0 saturated heterocycles. The quantitative estimate of drug-likeness (QED) is 0.308. The number of nitriles is 1. The van der Waals surface area contributed by atoms with Crippen molar-refractivity contribution >= 4 is 52.5 Å². The van der Waals surface area contributed by atoms with Crippen LogP contribution in [0.25, 0.3) is 6.08 Å². The highest BCUT2D eigenvalue weighted by Gasteiger charge is 2.13. The average molecular weight is 472 g/mol. The first-order valence-corrected chi connectivity index (χ1v) is 10.3. The van der Waals surface area contributed by atoms with Crippen molar-refractivity contribution in [1.29, 1.82) is 5.26 Å². The number of aryl methyl sites for hydroxylation is 1. The predicted octanol–water partition coefficient (Wildman–Crippen LogP) is 7.08. The Hall–Kier alpha value is -2.97. The molecule has 0 fully saturated rings. The molecule has 4 nitrogen and oxygen atoms in total. The number of ether oxygens (including phenoxy) is 1. The summed E-state index contributed by atoms with van der Waals surface area (Å²) in [5.41, 5.74) is 3.00. The summed E-state index contributed by atoms with van der Waals surface area (Å²) >= 11 is 18.6. The number of nitrogens with zero attached hydrogens (tertiary/aromatic N) is 1. The van der Waals surface area contributed by atoms with Crippen LogP contribution in [-0.2, 0) is 11.4 Å². The molecule has 3 aromatic rings. The molecule has 1 amide bonds. The molecule has 0 radical (unpaired) electrons. The number of hydrogen-bond donors (Lipinski definition) is 1. The molecule has 0 atom stereocenters. The van der Waals surface area contributed by atoms with Crippen LogP contribution in [0.1, 0.15) is 16.7 Å². The van der Waals surface area contributed by atoms with Crippen LogP contribution in [-0.4, -0.2) is 5.91 Å². The van der Waals surface area contributed by atoms with Gasteiger partial charge in [-0.05, 0) is 54.5 Å². The van der Waals surface area contributed by atoms with Crippen LogP contribution in [0, 0.1) is 18.3 Å². The van der Waals surface area contributed by atoms with Crippen molar-refractivity contribution in [2.24, 2.45) is 0 Å². The van der Waals surface area contributed by atoms with Crippen molar-refractivity contribution in [3.63, 3.8) is 0 Å². The molecule has 0 bridgehead atoms. The zero-order chi connectivity index (χ0) is 22.4. The normalized spacial score (nSPS) is 11.0. The number of hydrogen-bond acceptors (Lipinski definition) is 3. The van der Waals surface area contributed by atoms with Crippen molar-refractivity contribution in [2.75, 3.05) is 5.32 Å². The summed E-state index contributed by atoms with van der Waals surface area (Å²) in [7, 11) is 0. The first-order valence-electron chi connectivity index (χ1n) is 9.22. The van der Waals surface area contributed by atoms with Gasteiger partial charge in [0.2, 0.25) is 0 Å². The second kappa shape index (κ2) is 10.4. The molecule has 0 aliphatic heterocycles. The second-order valence-electron chi connectivity index (χ2n) is 6.72. The van der Waals surface area contributed by atoms with Crippen LogP contribution < -0.4 is 10.1 Å². The highest BCUT2D eigenvalue weighted by Crippen LogP contribution is 2.35. The number of halogens is 3. The Morgan fingerprint density at radius 1 is 1.06 bits per heavy atom. The summed E-state index contributed by atoms with van der Waals surface area (Å²) in [5.74, 6) is -0.236. The number of carbonyl (C=O) groups is 1. The fourth-order valence-electron chi connectivity index (χ4n) is 2.72. The lowest BCUT2D eigenvalue weighted by atomic mass is 10.1. The summed E-state index contributed by atoms with van der Waals surface area (Å²) in [6, 6.07) is 19.6. The summed E-state index contributed by atoms with van der Waals surface area (Å²) in [5, 5.41) is 13.1. The topological polar surface area (TPSA) is 62.1 Å². The lowest BCUT2D eigenvalue weighted by Gasteiger charge is -2.11. The standard InChI is InChI=1S/C24H17Cl3N2O2/c1-15-5-7-16(8-6-15)14-31-23-21(26)10-17(11-22(23)27)9-18(13-28)24(30)29-20-4-2-3-19(25)12-20/h2-12H,14H2,1H3,(H,29,30)/b18-9+. The highest BCUT2D eigenvalue weighted by atomic mass is 35.5. The van der Waals surface area contributed by atoms with E-state index in [1.165, 1.54) is 6.08 Å². The Balaban J connectivity index is 1.76. The van der Waals surface area contributed by atoms with Gasteiger partial charge in [0.1, 0.15) is 18.2 Å². The van der Waals surface area contributed by atoms with Gasteiger partial charge in [0.05, 0.1) is 10.0 Å². The van der Waals surface area contributed by atoms with Gasteiger partial charge in [-0.15, -0.1) is 0 Å². The maximum atomic E-state index is 12.4. The number of nitrogens with one attached hydrogen (secondary N) is 1. The molecule has 0 saturated carbocycles. The van der Waals surface area contributed by atoms with Crippen molar-refractivity contribution in [1.82, 2.24) is 0 Å². The van der Waals surface area contributed by atoms with E-state index < -0.39 is 5.91 Å². The van der Waals surface area contributed by atoms with Crippen molar-refractivity contribution < 1.29 is 9.53 Å². The molecular weight excluding hydrogens is 455 g/mol. The number of anilines is 1. The molecule has 31 heavy (non-hydrogen) atoms. The molecule has 0 spiro atoms. The molecule has 3 rings (SSSR count). The van der Waals surface area contributed by atoms with Crippen molar-refractivity contribution in [3.05, 3.63) is 98.0 Å². The molecule has 156 valence electrons. The fraction of sp³-hybridized carbons (Fsp3) is 0.0833. The first-order chi connectivity index (χ1) is 14.9. The zero-order valence-corrected chi connectivity index (χ0v) is 18.7. The number of amides is 1. The zero-order valence-electron chi connectivity index (χ0n) is 16.5. The van der Waals surface area contributed by atoms with Gasteiger partial charge in [-0.1, -0.05) is 70.7 Å². The Morgan fingerprint density at radius 2 is 1.74 bits per heavy atom. The minimum Gasteiger partial charge on any atom is -0.486 e. The molecule has 0 aliphatic carbocycles. The monoisotopic (exact) mass is 470 g/mol. The van der Waals surface area contributed by atoms with E-state index in [2.05, 4.69) is 5.32 Å². The summed E-state index contributed by atoms with van der Waals surface area (Å²) < 4.78 is 5.78. The van der Waals surface area contributed by atoms with E-state index in [4.69, 9.17) is 39.5 Å². The Bertz CT molecular complexity index is 1160. The third-order valence-electron chi connectivity index (χ3n) is 4.28. The maximum absolute atomic E-state index is 12.4. The fourth-order valence-corrected chi connectivity index (χ4v) is 3.52. The molecular formula is C24H17Cl3N2O2. The third kappa shape index (κ3) is 6.26. The largest absolute Gasteiger partial charge is 0.486 e. The summed E-state index contributed by atoms with van der Waals surface area (Å²) in [6.45, 7) is 2.32. The highest BCUT2D eigenvalue weighted by molar-refractivity contribution is 6.37. The minimum atomic E-state index is -0.572. The predicted molar refractivity (Wildman–Crippen MR) is 126 cm³/mol. The minimum absolute atomic E-state index is 0.111. The first kappa shape index (κ1) is 22.7. The Kier molecular flexibility index (Phi) is 7.59. The van der Waals surface area contributed by atoms with Crippen molar-refractivity contribution in [3.8, 4) is 11.8 Å². The van der Waals surface area contributed by atoms with Gasteiger partial charge in [-0.2, -0.15) is 5.26 Å². The van der Waals surface area contributed by atoms with E-state index in [1.54, 1.807) is 36.4 Å². The van der Waals surface area contributed by atoms with Crippen LogP contribution >= 0.6 is 34.8 Å². The third-order valence-corrected chi connectivity index (χ3v) is 5.08. The second-order valence-corrected chi connectivity index (χ2v) is 7.97. The number of benzene rings is 3. The van der Waals surface area contributed by atoms with E-state index in [-0.39, 0.29) is 15.6 Å². The van der Waals surface area contributed by atoms with Crippen molar-refractivity contribution in [2.45, 2.75) is 13.5 Å². The molecule has 1 N–H and O–H groups in total. The molecule has 0 unspecified atom stereocenters. The van der Waals surface area contributed by atoms with Gasteiger partial charge in [0, 0.05) is 10.7 Å². The van der Waals surface area contributed by atoms with Gasteiger partial charge >= 0.3 is 0 Å². The lowest BCUT2D eigenvalue weighted by Crippen LogP contribution is -2.13. The van der Waals surface area contributed by atoms with Gasteiger partial charge in [0.15, 0.2) is 5.75 Å². The molecule has 0 heterocycles. The number of rotatable bonds is 6. The van der Waals surface area contributed by atoms with E-state index in [0.717, 1.165) is 11.1 Å². The van der Waals surface area contributed by atoms with E-state index in [9.17, 15) is 10.1 Å².